The molecule has 3 heterocycles. The number of piperazine rings is 1. The average Bonchev–Trinajstić information content (AvgIpc) is 3.05. The van der Waals surface area contributed by atoms with Crippen molar-refractivity contribution in [3.05, 3.63) is 70.6 Å². The molecule has 1 aliphatic rings. The molecule has 0 spiro atoms. The number of hydrazine groups is 1. The van der Waals surface area contributed by atoms with E-state index in [-0.39, 0.29) is 5.91 Å². The van der Waals surface area contributed by atoms with E-state index in [4.69, 9.17) is 0 Å². The van der Waals surface area contributed by atoms with Crippen molar-refractivity contribution in [2.45, 2.75) is 6.54 Å². The van der Waals surface area contributed by atoms with Crippen molar-refractivity contribution in [2.75, 3.05) is 26.2 Å². The zero-order chi connectivity index (χ0) is 17.9. The summed E-state index contributed by atoms with van der Waals surface area (Å²) in [5.74, 6) is -0.0509. The third-order valence-corrected chi connectivity index (χ3v) is 4.99. The Balaban J connectivity index is 1.31. The number of nitrogens with zero attached hydrogens (tertiary/aromatic N) is 4. The fraction of sp³-hybridized carbons (Fsp3) is 0.263. The largest absolute Gasteiger partial charge is 0.306 e. The second-order valence-electron chi connectivity index (χ2n) is 6.42. The van der Waals surface area contributed by atoms with Gasteiger partial charge in [0.1, 0.15) is 5.65 Å². The SMILES string of the molecule is O=C(NN1CCN(Cc2cn3cc(Br)ccc3n2)CC1)c1ccccc1. The highest BCUT2D eigenvalue weighted by molar-refractivity contribution is 9.10. The minimum Gasteiger partial charge on any atom is -0.306 e. The van der Waals surface area contributed by atoms with Crippen LogP contribution in [0.5, 0.6) is 0 Å². The van der Waals surface area contributed by atoms with Gasteiger partial charge in [0.2, 0.25) is 0 Å². The number of benzene rings is 1. The number of carbonyl (C=O) groups excluding carboxylic acids is 1. The van der Waals surface area contributed by atoms with E-state index >= 15 is 0 Å². The summed E-state index contributed by atoms with van der Waals surface area (Å²) in [6, 6.07) is 13.3. The number of nitrogens with one attached hydrogen (secondary N) is 1. The second-order valence-corrected chi connectivity index (χ2v) is 7.33. The van der Waals surface area contributed by atoms with Crippen LogP contribution in [0, 0.1) is 0 Å². The zero-order valence-electron chi connectivity index (χ0n) is 14.3. The number of carbonyl (C=O) groups is 1. The molecule has 26 heavy (non-hydrogen) atoms. The summed E-state index contributed by atoms with van der Waals surface area (Å²) in [4.78, 5) is 19.3. The van der Waals surface area contributed by atoms with Crippen molar-refractivity contribution in [1.29, 1.82) is 0 Å². The Labute approximate surface area is 160 Å². The zero-order valence-corrected chi connectivity index (χ0v) is 15.9. The monoisotopic (exact) mass is 413 g/mol. The Morgan fingerprint density at radius 1 is 1.04 bits per heavy atom. The molecule has 134 valence electrons. The summed E-state index contributed by atoms with van der Waals surface area (Å²) in [6.07, 6.45) is 4.09. The molecule has 4 rings (SSSR count). The van der Waals surface area contributed by atoms with Gasteiger partial charge in [-0.3, -0.25) is 15.1 Å². The molecule has 0 saturated carbocycles. The van der Waals surface area contributed by atoms with Crippen molar-refractivity contribution >= 4 is 27.5 Å². The number of hydrogen-bond acceptors (Lipinski definition) is 4. The molecule has 1 amide bonds. The first-order chi connectivity index (χ1) is 12.7. The number of aromatic nitrogens is 2. The first-order valence-electron chi connectivity index (χ1n) is 8.64. The topological polar surface area (TPSA) is 52.9 Å². The van der Waals surface area contributed by atoms with Crippen LogP contribution in [0.25, 0.3) is 5.65 Å². The van der Waals surface area contributed by atoms with E-state index < -0.39 is 0 Å². The van der Waals surface area contributed by atoms with Crippen molar-refractivity contribution in [1.82, 2.24) is 24.7 Å². The fourth-order valence-corrected chi connectivity index (χ4v) is 3.49. The minimum atomic E-state index is -0.0509. The molecule has 1 aromatic carbocycles. The Hall–Kier alpha value is -2.22. The highest BCUT2D eigenvalue weighted by atomic mass is 79.9. The molecule has 0 bridgehead atoms. The summed E-state index contributed by atoms with van der Waals surface area (Å²) in [5, 5.41) is 1.99. The summed E-state index contributed by atoms with van der Waals surface area (Å²) in [5.41, 5.74) is 5.69. The van der Waals surface area contributed by atoms with Crippen molar-refractivity contribution in [3.63, 3.8) is 0 Å². The van der Waals surface area contributed by atoms with E-state index in [2.05, 4.69) is 37.4 Å². The van der Waals surface area contributed by atoms with E-state index in [1.165, 1.54) is 0 Å². The maximum Gasteiger partial charge on any atom is 0.265 e. The lowest BCUT2D eigenvalue weighted by atomic mass is 10.2. The number of imidazole rings is 1. The molecule has 0 atom stereocenters. The standard InChI is InChI=1S/C19H20BrN5O/c20-16-6-7-18-21-17(14-24(18)12-16)13-23-8-10-25(11-9-23)22-19(26)15-4-2-1-3-5-15/h1-7,12,14H,8-11,13H2,(H,22,26). The first-order valence-corrected chi connectivity index (χ1v) is 9.43. The highest BCUT2D eigenvalue weighted by Crippen LogP contribution is 2.14. The van der Waals surface area contributed by atoms with Crippen LogP contribution in [-0.2, 0) is 6.54 Å². The molecule has 6 nitrogen and oxygen atoms in total. The van der Waals surface area contributed by atoms with Gasteiger partial charge in [-0.2, -0.15) is 0 Å². The quantitative estimate of drug-likeness (QED) is 0.713. The van der Waals surface area contributed by atoms with Gasteiger partial charge in [-0.05, 0) is 40.2 Å². The van der Waals surface area contributed by atoms with Gasteiger partial charge in [-0.1, -0.05) is 18.2 Å². The number of pyridine rings is 1. The Morgan fingerprint density at radius 3 is 2.58 bits per heavy atom. The molecule has 2 aromatic heterocycles. The highest BCUT2D eigenvalue weighted by Gasteiger charge is 2.19. The molecular formula is C19H20BrN5O. The van der Waals surface area contributed by atoms with Crippen LogP contribution in [0.2, 0.25) is 0 Å². The van der Waals surface area contributed by atoms with E-state index in [0.29, 0.717) is 5.56 Å². The second kappa shape index (κ2) is 7.57. The van der Waals surface area contributed by atoms with Crippen molar-refractivity contribution in [3.8, 4) is 0 Å². The first kappa shape index (κ1) is 17.2. The van der Waals surface area contributed by atoms with Crippen molar-refractivity contribution < 1.29 is 4.79 Å². The molecule has 1 N–H and O–H groups in total. The van der Waals surface area contributed by atoms with Gasteiger partial charge in [0.05, 0.1) is 5.69 Å². The van der Waals surface area contributed by atoms with E-state index in [9.17, 15) is 4.79 Å². The summed E-state index contributed by atoms with van der Waals surface area (Å²) >= 11 is 3.48. The molecule has 7 heteroatoms. The van der Waals surface area contributed by atoms with Gasteiger partial charge in [-0.15, -0.1) is 0 Å². The molecule has 1 fully saturated rings. The molecular weight excluding hydrogens is 394 g/mol. The Morgan fingerprint density at radius 2 is 1.81 bits per heavy atom. The van der Waals surface area contributed by atoms with Crippen LogP contribution in [0.3, 0.4) is 0 Å². The van der Waals surface area contributed by atoms with E-state index in [0.717, 1.165) is 48.5 Å². The van der Waals surface area contributed by atoms with Gasteiger partial charge >= 0.3 is 0 Å². The van der Waals surface area contributed by atoms with Crippen LogP contribution >= 0.6 is 15.9 Å². The van der Waals surface area contributed by atoms with Gasteiger partial charge in [-0.25, -0.2) is 9.99 Å². The van der Waals surface area contributed by atoms with E-state index in [1.54, 1.807) is 0 Å². The Bertz CT molecular complexity index is 903. The smallest absolute Gasteiger partial charge is 0.265 e. The lowest BCUT2D eigenvalue weighted by Gasteiger charge is -2.34. The van der Waals surface area contributed by atoms with Gasteiger partial charge in [0.15, 0.2) is 0 Å². The summed E-state index contributed by atoms with van der Waals surface area (Å²) < 4.78 is 3.08. The lowest BCUT2D eigenvalue weighted by molar-refractivity contribution is 0.0602. The van der Waals surface area contributed by atoms with E-state index in [1.807, 2.05) is 58.1 Å². The Kier molecular flexibility index (Phi) is 5.01. The number of amides is 1. The lowest BCUT2D eigenvalue weighted by Crippen LogP contribution is -2.53. The maximum absolute atomic E-state index is 12.2. The van der Waals surface area contributed by atoms with Crippen LogP contribution in [0.4, 0.5) is 0 Å². The fourth-order valence-electron chi connectivity index (χ4n) is 3.14. The van der Waals surface area contributed by atoms with Crippen LogP contribution in [0.1, 0.15) is 16.1 Å². The van der Waals surface area contributed by atoms with Crippen LogP contribution in [-0.4, -0.2) is 51.4 Å². The maximum atomic E-state index is 12.2. The third kappa shape index (κ3) is 3.95. The molecule has 0 aliphatic carbocycles. The minimum absolute atomic E-state index is 0.0509. The number of fused-ring (bicyclic) bond motifs is 1. The predicted molar refractivity (Wildman–Crippen MR) is 104 cm³/mol. The number of hydrogen-bond donors (Lipinski definition) is 1. The van der Waals surface area contributed by atoms with Crippen molar-refractivity contribution in [2.24, 2.45) is 0 Å². The molecule has 3 aromatic rings. The molecule has 1 aliphatic heterocycles. The van der Waals surface area contributed by atoms with Gasteiger partial charge < -0.3 is 4.40 Å². The number of rotatable bonds is 4. The van der Waals surface area contributed by atoms with Gasteiger partial charge in [0, 0.05) is 55.2 Å². The third-order valence-electron chi connectivity index (χ3n) is 4.52. The summed E-state index contributed by atoms with van der Waals surface area (Å²) in [6.45, 7) is 4.22. The molecule has 0 unspecified atom stereocenters. The van der Waals surface area contributed by atoms with Gasteiger partial charge in [0.25, 0.3) is 5.91 Å². The van der Waals surface area contributed by atoms with Crippen LogP contribution < -0.4 is 5.43 Å². The molecule has 0 radical (unpaired) electrons. The molecule has 1 saturated heterocycles. The van der Waals surface area contributed by atoms with Crippen LogP contribution in [0.15, 0.2) is 59.3 Å². The average molecular weight is 414 g/mol. The summed E-state index contributed by atoms with van der Waals surface area (Å²) in [7, 11) is 0. The number of halogens is 1. The predicted octanol–water partition coefficient (Wildman–Crippen LogP) is 2.56. The normalized spacial score (nSPS) is 16.0.